The molecule has 2 rings (SSSR count). The largest absolute Gasteiger partial charge is 0.480 e. The first-order valence-electron chi connectivity index (χ1n) is 5.90. The molecule has 0 saturated carbocycles. The molecule has 1 aliphatic heterocycles. The van der Waals surface area contributed by atoms with Gasteiger partial charge in [-0.2, -0.15) is 0 Å². The van der Waals surface area contributed by atoms with E-state index in [2.05, 4.69) is 0 Å². The lowest BCUT2D eigenvalue weighted by atomic mass is 9.92. The minimum absolute atomic E-state index is 0.0552. The molecular weight excluding hydrogens is 234 g/mol. The van der Waals surface area contributed by atoms with Crippen LogP contribution in [0.3, 0.4) is 0 Å². The van der Waals surface area contributed by atoms with Crippen molar-refractivity contribution in [1.82, 2.24) is 0 Å². The Hall–Kier alpha value is -1.43. The minimum atomic E-state index is -1.51. The average Bonchev–Trinajstić information content (AvgIpc) is 2.90. The topological polar surface area (TPSA) is 81.8 Å². The lowest BCUT2D eigenvalue weighted by Crippen LogP contribution is -2.49. The average molecular weight is 251 g/mol. The van der Waals surface area contributed by atoms with Crippen LogP contribution < -0.4 is 5.73 Å². The Kier molecular flexibility index (Phi) is 3.96. The lowest BCUT2D eigenvalue weighted by molar-refractivity contribution is -0.147. The van der Waals surface area contributed by atoms with E-state index in [-0.39, 0.29) is 12.7 Å². The molecule has 0 aromatic heterocycles. The predicted octanol–water partition coefficient (Wildman–Crippen LogP) is 0.731. The molecule has 1 aromatic carbocycles. The third-order valence-electron chi connectivity index (χ3n) is 3.11. The number of carbonyl (C=O) groups is 1. The normalized spacial score (nSPS) is 22.6. The first-order valence-corrected chi connectivity index (χ1v) is 5.90. The Morgan fingerprint density at radius 1 is 1.50 bits per heavy atom. The van der Waals surface area contributed by atoms with Gasteiger partial charge in [0.05, 0.1) is 19.3 Å². The molecule has 2 unspecified atom stereocenters. The summed E-state index contributed by atoms with van der Waals surface area (Å²) in [6.07, 6.45) is 0.723. The molecular formula is C13H17NO4. The summed E-state index contributed by atoms with van der Waals surface area (Å²) in [6.45, 7) is 1.10. The summed E-state index contributed by atoms with van der Waals surface area (Å²) in [7, 11) is 0. The van der Waals surface area contributed by atoms with Crippen LogP contribution in [0, 0.1) is 0 Å². The summed E-state index contributed by atoms with van der Waals surface area (Å²) in [5.41, 5.74) is 5.00. The molecule has 98 valence electrons. The highest BCUT2D eigenvalue weighted by atomic mass is 16.5. The molecule has 2 atom stereocenters. The summed E-state index contributed by atoms with van der Waals surface area (Å²) in [5, 5.41) is 9.32. The molecule has 5 nitrogen and oxygen atoms in total. The number of nitrogens with two attached hydrogens (primary N) is 1. The maximum atomic E-state index is 11.4. The summed E-state index contributed by atoms with van der Waals surface area (Å²) in [5.74, 6) is -1.09. The van der Waals surface area contributed by atoms with Crippen molar-refractivity contribution in [3.63, 3.8) is 0 Å². The van der Waals surface area contributed by atoms with E-state index >= 15 is 0 Å². The fourth-order valence-corrected chi connectivity index (χ4v) is 1.90. The predicted molar refractivity (Wildman–Crippen MR) is 65.1 cm³/mol. The summed E-state index contributed by atoms with van der Waals surface area (Å²) < 4.78 is 10.7. The van der Waals surface area contributed by atoms with Gasteiger partial charge in [0.25, 0.3) is 0 Å². The van der Waals surface area contributed by atoms with Gasteiger partial charge in [0.15, 0.2) is 5.54 Å². The van der Waals surface area contributed by atoms with E-state index in [1.807, 2.05) is 6.07 Å². The molecule has 0 amide bonds. The van der Waals surface area contributed by atoms with Crippen molar-refractivity contribution in [2.75, 3.05) is 19.8 Å². The third-order valence-corrected chi connectivity index (χ3v) is 3.11. The molecule has 0 spiro atoms. The van der Waals surface area contributed by atoms with Gasteiger partial charge in [-0.25, -0.2) is 4.79 Å². The number of hydrogen-bond donors (Lipinski definition) is 2. The van der Waals surface area contributed by atoms with Crippen LogP contribution >= 0.6 is 0 Å². The fourth-order valence-electron chi connectivity index (χ4n) is 1.90. The summed E-state index contributed by atoms with van der Waals surface area (Å²) in [6, 6.07) is 8.74. The van der Waals surface area contributed by atoms with Crippen LogP contribution in [0.5, 0.6) is 0 Å². The minimum Gasteiger partial charge on any atom is -0.480 e. The highest BCUT2D eigenvalue weighted by Crippen LogP contribution is 2.21. The zero-order chi connectivity index (χ0) is 13.0. The Labute approximate surface area is 106 Å². The first-order chi connectivity index (χ1) is 8.63. The van der Waals surface area contributed by atoms with Gasteiger partial charge >= 0.3 is 5.97 Å². The second-order valence-corrected chi connectivity index (χ2v) is 4.44. The van der Waals surface area contributed by atoms with E-state index < -0.39 is 11.5 Å². The fraction of sp³-hybridized carbons (Fsp3) is 0.462. The van der Waals surface area contributed by atoms with E-state index in [0.717, 1.165) is 6.42 Å². The number of ether oxygens (including phenoxy) is 2. The molecule has 18 heavy (non-hydrogen) atoms. The van der Waals surface area contributed by atoms with Gasteiger partial charge in [0, 0.05) is 6.61 Å². The van der Waals surface area contributed by atoms with Crippen LogP contribution in [0.15, 0.2) is 30.3 Å². The lowest BCUT2D eigenvalue weighted by Gasteiger charge is -2.26. The molecule has 1 aliphatic rings. The smallest absolute Gasteiger partial charge is 0.330 e. The maximum absolute atomic E-state index is 11.4. The van der Waals surface area contributed by atoms with E-state index in [9.17, 15) is 9.90 Å². The number of benzene rings is 1. The van der Waals surface area contributed by atoms with E-state index in [1.165, 1.54) is 0 Å². The van der Waals surface area contributed by atoms with Crippen LogP contribution in [0.2, 0.25) is 0 Å². The second-order valence-electron chi connectivity index (χ2n) is 4.44. The third kappa shape index (κ3) is 2.69. The van der Waals surface area contributed by atoms with Crippen molar-refractivity contribution < 1.29 is 19.4 Å². The Bertz CT molecular complexity index is 403. The number of carboxylic acid groups (broad SMARTS) is 1. The van der Waals surface area contributed by atoms with Gasteiger partial charge in [0.1, 0.15) is 0 Å². The monoisotopic (exact) mass is 251 g/mol. The zero-order valence-electron chi connectivity index (χ0n) is 10.0. The highest BCUT2D eigenvalue weighted by molar-refractivity contribution is 5.80. The highest BCUT2D eigenvalue weighted by Gasteiger charge is 2.37. The molecule has 1 aromatic rings. The van der Waals surface area contributed by atoms with Gasteiger partial charge in [-0.15, -0.1) is 0 Å². The standard InChI is InChI=1S/C13H17NO4/c14-13(12(15)16,10-4-2-1-3-5-10)9-18-11-6-7-17-8-11/h1-5,11H,6-9,14H2,(H,15,16). The second kappa shape index (κ2) is 5.48. The number of rotatable bonds is 5. The quantitative estimate of drug-likeness (QED) is 0.806. The SMILES string of the molecule is NC(COC1CCOC1)(C(=O)O)c1ccccc1. The Balaban J connectivity index is 2.09. The molecule has 0 bridgehead atoms. The van der Waals surface area contributed by atoms with Crippen molar-refractivity contribution >= 4 is 5.97 Å². The van der Waals surface area contributed by atoms with Gasteiger partial charge in [-0.05, 0) is 12.0 Å². The zero-order valence-corrected chi connectivity index (χ0v) is 10.0. The van der Waals surface area contributed by atoms with Crippen molar-refractivity contribution in [3.8, 4) is 0 Å². The van der Waals surface area contributed by atoms with Crippen LogP contribution in [-0.4, -0.2) is 37.0 Å². The Morgan fingerprint density at radius 2 is 2.22 bits per heavy atom. The summed E-state index contributed by atoms with van der Waals surface area (Å²) in [4.78, 5) is 11.4. The van der Waals surface area contributed by atoms with Crippen LogP contribution in [0.1, 0.15) is 12.0 Å². The molecule has 1 saturated heterocycles. The van der Waals surface area contributed by atoms with Crippen LogP contribution in [0.4, 0.5) is 0 Å². The number of carboxylic acids is 1. The van der Waals surface area contributed by atoms with Crippen molar-refractivity contribution in [3.05, 3.63) is 35.9 Å². The molecule has 0 aliphatic carbocycles. The van der Waals surface area contributed by atoms with Gasteiger partial charge in [-0.1, -0.05) is 30.3 Å². The maximum Gasteiger partial charge on any atom is 0.330 e. The van der Waals surface area contributed by atoms with Crippen molar-refractivity contribution in [1.29, 1.82) is 0 Å². The first kappa shape index (κ1) is 13.0. The molecule has 1 fully saturated rings. The van der Waals surface area contributed by atoms with E-state index in [1.54, 1.807) is 24.3 Å². The van der Waals surface area contributed by atoms with Crippen molar-refractivity contribution in [2.24, 2.45) is 5.73 Å². The number of hydrogen-bond acceptors (Lipinski definition) is 4. The molecule has 1 heterocycles. The van der Waals surface area contributed by atoms with Gasteiger partial charge < -0.3 is 20.3 Å². The van der Waals surface area contributed by atoms with Gasteiger partial charge in [-0.3, -0.25) is 0 Å². The molecule has 0 radical (unpaired) electrons. The van der Waals surface area contributed by atoms with E-state index in [0.29, 0.717) is 18.8 Å². The van der Waals surface area contributed by atoms with Crippen molar-refractivity contribution in [2.45, 2.75) is 18.1 Å². The van der Waals surface area contributed by atoms with Gasteiger partial charge in [0.2, 0.25) is 0 Å². The van der Waals surface area contributed by atoms with E-state index in [4.69, 9.17) is 15.2 Å². The van der Waals surface area contributed by atoms with Crippen LogP contribution in [-0.2, 0) is 19.8 Å². The molecule has 5 heteroatoms. The molecule has 3 N–H and O–H groups in total. The number of aliphatic carboxylic acids is 1. The van der Waals surface area contributed by atoms with Crippen LogP contribution in [0.25, 0.3) is 0 Å². The Morgan fingerprint density at radius 3 is 2.78 bits per heavy atom. The summed E-state index contributed by atoms with van der Waals surface area (Å²) >= 11 is 0.